The summed E-state index contributed by atoms with van der Waals surface area (Å²) in [5, 5.41) is 0. The highest BCUT2D eigenvalue weighted by Crippen LogP contribution is 2.23. The second-order valence-electron chi connectivity index (χ2n) is 6.83. The molecule has 0 N–H and O–H groups in total. The Hall–Kier alpha value is -2.71. The minimum Gasteiger partial charge on any atom is -0.370 e. The van der Waals surface area contributed by atoms with E-state index in [4.69, 9.17) is 4.74 Å². The molecular formula is C25H26O2. The van der Waals surface area contributed by atoms with E-state index in [1.54, 1.807) is 0 Å². The number of hydrogen-bond acceptors (Lipinski definition) is 2. The molecule has 0 saturated heterocycles. The first-order valence-corrected chi connectivity index (χ1v) is 9.55. The van der Waals surface area contributed by atoms with Gasteiger partial charge in [-0.25, -0.2) is 0 Å². The summed E-state index contributed by atoms with van der Waals surface area (Å²) in [6, 6.07) is 30.0. The number of Topliss-reactive ketones (excluding diaryl/α,β-unsaturated/α-hetero) is 1. The fourth-order valence-corrected chi connectivity index (χ4v) is 3.23. The minimum atomic E-state index is -0.117. The van der Waals surface area contributed by atoms with Gasteiger partial charge in [0.1, 0.15) is 0 Å². The van der Waals surface area contributed by atoms with E-state index in [0.29, 0.717) is 6.42 Å². The van der Waals surface area contributed by atoms with Crippen LogP contribution in [0.4, 0.5) is 0 Å². The molecule has 0 aromatic heterocycles. The quantitative estimate of drug-likeness (QED) is 0.436. The molecule has 2 nitrogen and oxygen atoms in total. The van der Waals surface area contributed by atoms with Crippen LogP contribution in [0.1, 0.15) is 47.4 Å². The zero-order chi connectivity index (χ0) is 18.9. The molecule has 3 aromatic carbocycles. The van der Waals surface area contributed by atoms with Gasteiger partial charge in [-0.2, -0.15) is 0 Å². The van der Waals surface area contributed by atoms with Crippen LogP contribution < -0.4 is 0 Å². The smallest absolute Gasteiger partial charge is 0.165 e. The van der Waals surface area contributed by atoms with Crippen molar-refractivity contribution >= 4 is 5.78 Å². The van der Waals surface area contributed by atoms with Crippen LogP contribution in [0.3, 0.4) is 0 Å². The average molecular weight is 358 g/mol. The SMILES string of the molecule is C[C@@H](O[C@@H](CCc1ccccc1)CC(=O)c1ccccc1)c1ccccc1. The first-order chi connectivity index (χ1) is 13.2. The predicted octanol–water partition coefficient (Wildman–Crippen LogP) is 6.04. The molecule has 2 heteroatoms. The molecule has 0 fully saturated rings. The first-order valence-electron chi connectivity index (χ1n) is 9.55. The maximum absolute atomic E-state index is 12.7. The average Bonchev–Trinajstić information content (AvgIpc) is 2.74. The Morgan fingerprint density at radius 3 is 2.00 bits per heavy atom. The van der Waals surface area contributed by atoms with E-state index in [1.807, 2.05) is 66.7 Å². The summed E-state index contributed by atoms with van der Waals surface area (Å²) < 4.78 is 6.33. The van der Waals surface area contributed by atoms with Crippen LogP contribution in [0.15, 0.2) is 91.0 Å². The highest BCUT2D eigenvalue weighted by molar-refractivity contribution is 5.96. The Morgan fingerprint density at radius 1 is 0.815 bits per heavy atom. The minimum absolute atomic E-state index is 0.0458. The zero-order valence-corrected chi connectivity index (χ0v) is 15.8. The van der Waals surface area contributed by atoms with Crippen LogP contribution in [0.5, 0.6) is 0 Å². The van der Waals surface area contributed by atoms with Crippen molar-refractivity contribution in [1.82, 2.24) is 0 Å². The number of benzene rings is 3. The molecular weight excluding hydrogens is 332 g/mol. The van der Waals surface area contributed by atoms with Gasteiger partial charge in [-0.15, -0.1) is 0 Å². The monoisotopic (exact) mass is 358 g/mol. The van der Waals surface area contributed by atoms with Gasteiger partial charge >= 0.3 is 0 Å². The van der Waals surface area contributed by atoms with Gasteiger partial charge in [0, 0.05) is 12.0 Å². The number of rotatable bonds is 9. The Morgan fingerprint density at radius 2 is 1.37 bits per heavy atom. The van der Waals surface area contributed by atoms with Gasteiger partial charge in [0.05, 0.1) is 12.2 Å². The summed E-state index contributed by atoms with van der Waals surface area (Å²) in [6.07, 6.45) is 1.95. The van der Waals surface area contributed by atoms with E-state index >= 15 is 0 Å². The molecule has 0 amide bonds. The summed E-state index contributed by atoms with van der Waals surface area (Å²) in [6.45, 7) is 2.05. The summed E-state index contributed by atoms with van der Waals surface area (Å²) in [5.41, 5.74) is 3.15. The lowest BCUT2D eigenvalue weighted by molar-refractivity contribution is -0.00920. The van der Waals surface area contributed by atoms with Crippen molar-refractivity contribution in [3.63, 3.8) is 0 Å². The highest BCUT2D eigenvalue weighted by Gasteiger charge is 2.19. The van der Waals surface area contributed by atoms with E-state index in [1.165, 1.54) is 5.56 Å². The topological polar surface area (TPSA) is 26.3 Å². The lowest BCUT2D eigenvalue weighted by Crippen LogP contribution is -2.21. The summed E-state index contributed by atoms with van der Waals surface area (Å²) in [7, 11) is 0. The van der Waals surface area contributed by atoms with Gasteiger partial charge in [0.2, 0.25) is 0 Å². The third-order valence-corrected chi connectivity index (χ3v) is 4.77. The Bertz CT molecular complexity index is 813. The van der Waals surface area contributed by atoms with E-state index in [9.17, 15) is 4.79 Å². The lowest BCUT2D eigenvalue weighted by Gasteiger charge is -2.23. The lowest BCUT2D eigenvalue weighted by atomic mass is 9.99. The number of aryl methyl sites for hydroxylation is 1. The van der Waals surface area contributed by atoms with Gasteiger partial charge in [-0.3, -0.25) is 4.79 Å². The summed E-state index contributed by atoms with van der Waals surface area (Å²) in [4.78, 5) is 12.7. The number of carbonyl (C=O) groups is 1. The zero-order valence-electron chi connectivity index (χ0n) is 15.8. The Labute approximate surface area is 161 Å². The fourth-order valence-electron chi connectivity index (χ4n) is 3.23. The number of carbonyl (C=O) groups excluding carboxylic acids is 1. The normalized spacial score (nSPS) is 13.1. The van der Waals surface area contributed by atoms with Crippen molar-refractivity contribution in [3.05, 3.63) is 108 Å². The molecule has 3 aromatic rings. The van der Waals surface area contributed by atoms with Crippen LogP contribution in [-0.2, 0) is 11.2 Å². The molecule has 0 unspecified atom stereocenters. The predicted molar refractivity (Wildman–Crippen MR) is 110 cm³/mol. The molecule has 0 aliphatic rings. The van der Waals surface area contributed by atoms with Crippen LogP contribution in [-0.4, -0.2) is 11.9 Å². The molecule has 0 radical (unpaired) electrons. The van der Waals surface area contributed by atoms with Gasteiger partial charge in [0.15, 0.2) is 5.78 Å². The Balaban J connectivity index is 1.68. The number of ketones is 1. The Kier molecular flexibility index (Phi) is 6.95. The van der Waals surface area contributed by atoms with Crippen molar-refractivity contribution in [2.45, 2.75) is 38.4 Å². The van der Waals surface area contributed by atoms with Crippen LogP contribution in [0.25, 0.3) is 0 Å². The third kappa shape index (κ3) is 5.90. The van der Waals surface area contributed by atoms with Gasteiger partial charge in [-0.1, -0.05) is 91.0 Å². The van der Waals surface area contributed by atoms with E-state index in [-0.39, 0.29) is 18.0 Å². The maximum atomic E-state index is 12.7. The van der Waals surface area contributed by atoms with Gasteiger partial charge < -0.3 is 4.74 Å². The fraction of sp³-hybridized carbons (Fsp3) is 0.240. The molecule has 0 aliphatic heterocycles. The largest absolute Gasteiger partial charge is 0.370 e. The summed E-state index contributed by atoms with van der Waals surface area (Å²) in [5.74, 6) is 0.133. The highest BCUT2D eigenvalue weighted by atomic mass is 16.5. The summed E-state index contributed by atoms with van der Waals surface area (Å²) >= 11 is 0. The molecule has 3 rings (SSSR count). The van der Waals surface area contributed by atoms with Crippen molar-refractivity contribution in [2.24, 2.45) is 0 Å². The second kappa shape index (κ2) is 9.84. The van der Waals surface area contributed by atoms with E-state index in [0.717, 1.165) is 24.0 Å². The van der Waals surface area contributed by atoms with Crippen LogP contribution in [0, 0.1) is 0 Å². The van der Waals surface area contributed by atoms with Crippen molar-refractivity contribution in [1.29, 1.82) is 0 Å². The second-order valence-corrected chi connectivity index (χ2v) is 6.83. The maximum Gasteiger partial charge on any atom is 0.165 e. The van der Waals surface area contributed by atoms with Crippen molar-refractivity contribution in [2.75, 3.05) is 0 Å². The molecule has 0 saturated carbocycles. The molecule has 27 heavy (non-hydrogen) atoms. The first kappa shape index (κ1) is 19.1. The van der Waals surface area contributed by atoms with E-state index < -0.39 is 0 Å². The molecule has 0 aliphatic carbocycles. The number of ether oxygens (including phenoxy) is 1. The van der Waals surface area contributed by atoms with Crippen molar-refractivity contribution in [3.8, 4) is 0 Å². The van der Waals surface area contributed by atoms with E-state index in [2.05, 4.69) is 31.2 Å². The molecule has 2 atom stereocenters. The van der Waals surface area contributed by atoms with Crippen molar-refractivity contribution < 1.29 is 9.53 Å². The molecule has 138 valence electrons. The molecule has 0 bridgehead atoms. The molecule has 0 spiro atoms. The third-order valence-electron chi connectivity index (χ3n) is 4.77. The standard InChI is InChI=1S/C25H26O2/c1-20(22-13-7-3-8-14-22)27-24(18-17-21-11-5-2-6-12-21)19-25(26)23-15-9-4-10-16-23/h2-16,20,24H,17-19H2,1H3/t20-,24+/m1/s1. The molecule has 0 heterocycles. The van der Waals surface area contributed by atoms with Crippen LogP contribution in [0.2, 0.25) is 0 Å². The van der Waals surface area contributed by atoms with Gasteiger partial charge in [0.25, 0.3) is 0 Å². The van der Waals surface area contributed by atoms with Crippen LogP contribution >= 0.6 is 0 Å². The number of hydrogen-bond donors (Lipinski definition) is 0. The van der Waals surface area contributed by atoms with Gasteiger partial charge in [-0.05, 0) is 30.9 Å².